The van der Waals surface area contributed by atoms with E-state index in [1.54, 1.807) is 29.1 Å². The summed E-state index contributed by atoms with van der Waals surface area (Å²) in [6.45, 7) is 6.24. The van der Waals surface area contributed by atoms with E-state index in [2.05, 4.69) is 24.1 Å². The van der Waals surface area contributed by atoms with Gasteiger partial charge in [0.25, 0.3) is 0 Å². The minimum Gasteiger partial charge on any atom is -0.488 e. The molecule has 2 aromatic rings. The maximum Gasteiger partial charge on any atom is 0.124 e. The number of hydrogen-bond donors (Lipinski definition) is 1. The smallest absolute Gasteiger partial charge is 0.124 e. The summed E-state index contributed by atoms with van der Waals surface area (Å²) in [7, 11) is 0. The molecule has 0 aliphatic rings. The average molecular weight is 294 g/mol. The van der Waals surface area contributed by atoms with E-state index in [1.165, 1.54) is 12.1 Å². The summed E-state index contributed by atoms with van der Waals surface area (Å²) in [5.41, 5.74) is 2.62. The predicted molar refractivity (Wildman–Crippen MR) is 79.4 cm³/mol. The zero-order chi connectivity index (χ0) is 14.4. The Morgan fingerprint density at radius 1 is 1.40 bits per heavy atom. The van der Waals surface area contributed by atoms with Crippen molar-refractivity contribution >= 4 is 11.3 Å². The predicted octanol–water partition coefficient (Wildman–Crippen LogP) is 3.61. The summed E-state index contributed by atoms with van der Waals surface area (Å²) in [4.78, 5) is 5.06. The topological polar surface area (TPSA) is 34.1 Å². The molecule has 0 saturated heterocycles. The zero-order valence-electron chi connectivity index (χ0n) is 11.7. The molecule has 108 valence electrons. The zero-order valence-corrected chi connectivity index (χ0v) is 12.5. The molecule has 0 aliphatic heterocycles. The maximum atomic E-state index is 13.4. The second-order valence-corrected chi connectivity index (χ2v) is 6.00. The second-order valence-electron chi connectivity index (χ2n) is 5.03. The average Bonchev–Trinajstić information content (AvgIpc) is 2.90. The fraction of sp³-hybridized carbons (Fsp3) is 0.400. The molecule has 0 fully saturated rings. The highest BCUT2D eigenvalue weighted by Crippen LogP contribution is 2.21. The van der Waals surface area contributed by atoms with Crippen LogP contribution in [-0.2, 0) is 13.2 Å². The van der Waals surface area contributed by atoms with Crippen LogP contribution in [-0.4, -0.2) is 11.5 Å². The summed E-state index contributed by atoms with van der Waals surface area (Å²) in [6, 6.07) is 4.63. The highest BCUT2D eigenvalue weighted by Gasteiger charge is 2.07. The van der Waals surface area contributed by atoms with E-state index in [0.717, 1.165) is 22.7 Å². The fourth-order valence-corrected chi connectivity index (χ4v) is 2.29. The molecule has 0 radical (unpaired) electrons. The van der Waals surface area contributed by atoms with E-state index >= 15 is 0 Å². The monoisotopic (exact) mass is 294 g/mol. The Kier molecular flexibility index (Phi) is 5.49. The minimum absolute atomic E-state index is 0.239. The Morgan fingerprint density at radius 3 is 2.95 bits per heavy atom. The molecule has 2 rings (SSSR count). The summed E-state index contributed by atoms with van der Waals surface area (Å²) >= 11 is 1.55. The number of benzene rings is 1. The third-order valence-electron chi connectivity index (χ3n) is 2.74. The third kappa shape index (κ3) is 4.58. The van der Waals surface area contributed by atoms with Crippen LogP contribution in [0.4, 0.5) is 4.39 Å². The van der Waals surface area contributed by atoms with Gasteiger partial charge in [-0.15, -0.1) is 11.3 Å². The van der Waals surface area contributed by atoms with Gasteiger partial charge in [-0.2, -0.15) is 0 Å². The highest BCUT2D eigenvalue weighted by molar-refractivity contribution is 7.09. The van der Waals surface area contributed by atoms with Crippen molar-refractivity contribution in [1.29, 1.82) is 0 Å². The van der Waals surface area contributed by atoms with E-state index in [0.29, 0.717) is 19.1 Å². The lowest BCUT2D eigenvalue weighted by atomic mass is 10.1. The van der Waals surface area contributed by atoms with Crippen molar-refractivity contribution in [1.82, 2.24) is 10.3 Å². The van der Waals surface area contributed by atoms with Gasteiger partial charge in [0.2, 0.25) is 0 Å². The van der Waals surface area contributed by atoms with Crippen molar-refractivity contribution in [3.8, 4) is 5.75 Å². The third-order valence-corrected chi connectivity index (χ3v) is 3.50. The molecule has 0 aliphatic carbocycles. The van der Waals surface area contributed by atoms with Gasteiger partial charge in [-0.25, -0.2) is 4.39 Å². The van der Waals surface area contributed by atoms with Gasteiger partial charge < -0.3 is 10.1 Å². The Labute approximate surface area is 122 Å². The van der Waals surface area contributed by atoms with Crippen LogP contribution in [0.1, 0.15) is 24.3 Å². The van der Waals surface area contributed by atoms with Crippen molar-refractivity contribution in [2.24, 2.45) is 5.92 Å². The van der Waals surface area contributed by atoms with E-state index in [4.69, 9.17) is 4.74 Å². The van der Waals surface area contributed by atoms with Crippen LogP contribution in [0.25, 0.3) is 0 Å². The van der Waals surface area contributed by atoms with Crippen molar-refractivity contribution < 1.29 is 9.13 Å². The first-order valence-corrected chi connectivity index (χ1v) is 7.52. The minimum atomic E-state index is -0.239. The Balaban J connectivity index is 1.99. The lowest BCUT2D eigenvalue weighted by Gasteiger charge is -2.13. The molecule has 0 spiro atoms. The standard InChI is InChI=1S/C15H19FN2OS/c1-11(2)6-17-7-12-5-13(16)3-4-15(12)19-9-14-8-18-10-20-14/h3-5,8,10-11,17H,6-7,9H2,1-2H3. The molecule has 0 atom stereocenters. The number of thiazole rings is 1. The molecule has 0 saturated carbocycles. The van der Waals surface area contributed by atoms with Gasteiger partial charge in [0.15, 0.2) is 0 Å². The summed E-state index contributed by atoms with van der Waals surface area (Å²) in [6.07, 6.45) is 1.78. The molecule has 1 heterocycles. The number of halogens is 1. The van der Waals surface area contributed by atoms with Crippen molar-refractivity contribution in [2.45, 2.75) is 27.0 Å². The van der Waals surface area contributed by atoms with Gasteiger partial charge in [-0.05, 0) is 30.7 Å². The van der Waals surface area contributed by atoms with Gasteiger partial charge in [0.1, 0.15) is 18.2 Å². The SMILES string of the molecule is CC(C)CNCc1cc(F)ccc1OCc1cncs1. The molecule has 0 amide bonds. The highest BCUT2D eigenvalue weighted by atomic mass is 32.1. The molecule has 1 aromatic carbocycles. The summed E-state index contributed by atoms with van der Waals surface area (Å²) < 4.78 is 19.1. The van der Waals surface area contributed by atoms with Crippen molar-refractivity contribution in [3.63, 3.8) is 0 Å². The summed E-state index contributed by atoms with van der Waals surface area (Å²) in [5, 5.41) is 3.31. The molecular formula is C15H19FN2OS. The van der Waals surface area contributed by atoms with Gasteiger partial charge >= 0.3 is 0 Å². The van der Waals surface area contributed by atoms with Gasteiger partial charge in [-0.3, -0.25) is 4.98 Å². The van der Waals surface area contributed by atoms with Crippen LogP contribution in [0, 0.1) is 11.7 Å². The van der Waals surface area contributed by atoms with E-state index in [1.807, 2.05) is 0 Å². The maximum absolute atomic E-state index is 13.4. The largest absolute Gasteiger partial charge is 0.488 e. The Morgan fingerprint density at radius 2 is 2.25 bits per heavy atom. The first-order chi connectivity index (χ1) is 9.65. The van der Waals surface area contributed by atoms with E-state index in [9.17, 15) is 4.39 Å². The molecule has 0 bridgehead atoms. The second kappa shape index (κ2) is 7.36. The van der Waals surface area contributed by atoms with Crippen molar-refractivity contribution in [3.05, 3.63) is 46.2 Å². The van der Waals surface area contributed by atoms with E-state index < -0.39 is 0 Å². The fourth-order valence-electron chi connectivity index (χ4n) is 1.78. The lowest BCUT2D eigenvalue weighted by Crippen LogP contribution is -2.19. The van der Waals surface area contributed by atoms with Crippen LogP contribution in [0.5, 0.6) is 5.75 Å². The van der Waals surface area contributed by atoms with Crippen LogP contribution in [0.2, 0.25) is 0 Å². The first kappa shape index (κ1) is 14.9. The number of rotatable bonds is 7. The molecule has 0 unspecified atom stereocenters. The number of nitrogens with one attached hydrogen (secondary N) is 1. The van der Waals surface area contributed by atoms with Crippen LogP contribution >= 0.6 is 11.3 Å². The quantitative estimate of drug-likeness (QED) is 0.847. The first-order valence-electron chi connectivity index (χ1n) is 6.64. The van der Waals surface area contributed by atoms with E-state index in [-0.39, 0.29) is 5.82 Å². The number of nitrogens with zero attached hydrogens (tertiary/aromatic N) is 1. The lowest BCUT2D eigenvalue weighted by molar-refractivity contribution is 0.304. The number of hydrogen-bond acceptors (Lipinski definition) is 4. The molecule has 3 nitrogen and oxygen atoms in total. The van der Waals surface area contributed by atoms with Gasteiger partial charge in [0.05, 0.1) is 10.4 Å². The molecule has 1 N–H and O–H groups in total. The Hall–Kier alpha value is -1.46. The molecule has 20 heavy (non-hydrogen) atoms. The van der Waals surface area contributed by atoms with Crippen LogP contribution in [0.3, 0.4) is 0 Å². The number of aromatic nitrogens is 1. The van der Waals surface area contributed by atoms with Crippen molar-refractivity contribution in [2.75, 3.05) is 6.54 Å². The normalized spacial score (nSPS) is 11.0. The van der Waals surface area contributed by atoms with Gasteiger partial charge in [-0.1, -0.05) is 13.8 Å². The Bertz CT molecular complexity index is 529. The number of ether oxygens (including phenoxy) is 1. The van der Waals surface area contributed by atoms with Gasteiger partial charge in [0, 0.05) is 18.3 Å². The summed E-state index contributed by atoms with van der Waals surface area (Å²) in [5.74, 6) is 1.04. The molecule has 1 aromatic heterocycles. The van der Waals surface area contributed by atoms with Crippen LogP contribution < -0.4 is 10.1 Å². The molecule has 5 heteroatoms. The molecular weight excluding hydrogens is 275 g/mol. The van der Waals surface area contributed by atoms with Crippen LogP contribution in [0.15, 0.2) is 29.9 Å².